The van der Waals surface area contributed by atoms with Crippen molar-refractivity contribution < 1.29 is 19.4 Å². The van der Waals surface area contributed by atoms with Crippen LogP contribution in [0.5, 0.6) is 5.75 Å². The Hall–Kier alpha value is -0.850. The highest BCUT2D eigenvalue weighted by Crippen LogP contribution is 2.39. The summed E-state index contributed by atoms with van der Waals surface area (Å²) < 4.78 is 10.3. The van der Waals surface area contributed by atoms with E-state index in [1.807, 2.05) is 6.92 Å². The number of carbonyl (C=O) groups is 1. The van der Waals surface area contributed by atoms with Crippen LogP contribution in [0, 0.1) is 0 Å². The molecule has 0 fully saturated rings. The van der Waals surface area contributed by atoms with Crippen LogP contribution in [0.15, 0.2) is 9.79 Å². The first kappa shape index (κ1) is 23.2. The van der Waals surface area contributed by atoms with Gasteiger partial charge in [0.1, 0.15) is 5.75 Å². The van der Waals surface area contributed by atoms with Crippen molar-refractivity contribution in [1.82, 2.24) is 0 Å². The Bertz CT molecular complexity index is 551. The topological polar surface area (TPSA) is 55.8 Å². The van der Waals surface area contributed by atoms with Gasteiger partial charge in [-0.1, -0.05) is 39.5 Å². The van der Waals surface area contributed by atoms with Crippen LogP contribution < -0.4 is 0 Å². The summed E-state index contributed by atoms with van der Waals surface area (Å²) in [5.74, 6) is -0.282. The molecule has 0 saturated carbocycles. The van der Waals surface area contributed by atoms with Crippen LogP contribution in [-0.4, -0.2) is 24.5 Å². The second-order valence-electron chi connectivity index (χ2n) is 6.33. The van der Waals surface area contributed by atoms with Gasteiger partial charge < -0.3 is 14.6 Å². The van der Waals surface area contributed by atoms with E-state index >= 15 is 0 Å². The summed E-state index contributed by atoms with van der Waals surface area (Å²) in [6, 6.07) is 0. The molecule has 26 heavy (non-hydrogen) atoms. The summed E-state index contributed by atoms with van der Waals surface area (Å²) in [6.45, 7) is 6.46. The number of phenols is 1. The van der Waals surface area contributed by atoms with Gasteiger partial charge >= 0.3 is 5.97 Å². The molecular formula is C20H32O4S2. The predicted molar refractivity (Wildman–Crippen MR) is 111 cm³/mol. The van der Waals surface area contributed by atoms with Gasteiger partial charge in [0.25, 0.3) is 0 Å². The molecule has 1 rings (SSSR count). The standard InChI is InChI=1S/C20H32O4S2/c1-4-7-9-11-14-17(21)15(12-10-8-5-2)19(26)16(18(14)25)20(22)24-13-23-6-3/h21,25-26H,4-13H2,1-3H3. The van der Waals surface area contributed by atoms with E-state index in [1.165, 1.54) is 0 Å². The number of carbonyl (C=O) groups excluding carboxylic acids is 1. The molecule has 6 heteroatoms. The summed E-state index contributed by atoms with van der Waals surface area (Å²) >= 11 is 9.09. The fourth-order valence-electron chi connectivity index (χ4n) is 2.84. The van der Waals surface area contributed by atoms with E-state index in [1.54, 1.807) is 0 Å². The SMILES string of the molecule is CCCCCc1c(O)c(CCCCC)c(S)c(C(=O)OCOCC)c1S. The highest BCUT2D eigenvalue weighted by molar-refractivity contribution is 7.81. The minimum atomic E-state index is -0.512. The van der Waals surface area contributed by atoms with Gasteiger partial charge in [-0.15, -0.1) is 25.3 Å². The van der Waals surface area contributed by atoms with Gasteiger partial charge in [-0.3, -0.25) is 0 Å². The molecule has 0 radical (unpaired) electrons. The van der Waals surface area contributed by atoms with Gasteiger partial charge in [-0.2, -0.15) is 0 Å². The molecule has 0 bridgehead atoms. The molecule has 1 aromatic rings. The zero-order valence-corrected chi connectivity index (χ0v) is 17.9. The second-order valence-corrected chi connectivity index (χ2v) is 7.23. The summed E-state index contributed by atoms with van der Waals surface area (Å²) in [6.07, 6.45) is 7.52. The zero-order chi connectivity index (χ0) is 19.5. The third-order valence-electron chi connectivity index (χ3n) is 4.36. The molecule has 0 amide bonds. The van der Waals surface area contributed by atoms with Crippen molar-refractivity contribution in [2.75, 3.05) is 13.4 Å². The molecule has 0 aliphatic carbocycles. The molecule has 1 N–H and O–H groups in total. The van der Waals surface area contributed by atoms with Crippen LogP contribution in [0.2, 0.25) is 0 Å². The molecule has 0 spiro atoms. The summed E-state index contributed by atoms with van der Waals surface area (Å²) in [5.41, 5.74) is 1.76. The van der Waals surface area contributed by atoms with Crippen LogP contribution in [0.25, 0.3) is 0 Å². The van der Waals surface area contributed by atoms with Crippen molar-refractivity contribution in [2.24, 2.45) is 0 Å². The number of hydrogen-bond donors (Lipinski definition) is 3. The maximum absolute atomic E-state index is 12.6. The Morgan fingerprint density at radius 1 is 0.923 bits per heavy atom. The van der Waals surface area contributed by atoms with Gasteiger partial charge in [0.15, 0.2) is 6.79 Å². The summed E-state index contributed by atoms with van der Waals surface area (Å²) in [7, 11) is 0. The highest BCUT2D eigenvalue weighted by atomic mass is 32.1. The average Bonchev–Trinajstić information content (AvgIpc) is 2.61. The number of thiol groups is 2. The summed E-state index contributed by atoms with van der Waals surface area (Å²) in [4.78, 5) is 13.5. The Morgan fingerprint density at radius 3 is 1.85 bits per heavy atom. The second kappa shape index (κ2) is 12.5. The molecule has 0 saturated heterocycles. The Morgan fingerprint density at radius 2 is 1.42 bits per heavy atom. The normalized spacial score (nSPS) is 11.0. The van der Waals surface area contributed by atoms with E-state index < -0.39 is 5.97 Å². The molecule has 1 aromatic carbocycles. The summed E-state index contributed by atoms with van der Waals surface area (Å²) in [5, 5.41) is 10.8. The molecule has 4 nitrogen and oxygen atoms in total. The van der Waals surface area contributed by atoms with E-state index in [9.17, 15) is 9.90 Å². The maximum atomic E-state index is 12.6. The predicted octanol–water partition coefficient (Wildman–Crippen LogP) is 5.59. The fourth-order valence-corrected chi connectivity index (χ4v) is 3.77. The number of benzene rings is 1. The van der Waals surface area contributed by atoms with Gasteiger partial charge in [0.2, 0.25) is 0 Å². The van der Waals surface area contributed by atoms with Crippen LogP contribution in [0.3, 0.4) is 0 Å². The lowest BCUT2D eigenvalue weighted by Crippen LogP contribution is -2.13. The van der Waals surface area contributed by atoms with Crippen molar-refractivity contribution in [3.63, 3.8) is 0 Å². The van der Waals surface area contributed by atoms with Crippen LogP contribution in [-0.2, 0) is 22.3 Å². The van der Waals surface area contributed by atoms with E-state index in [2.05, 4.69) is 39.1 Å². The largest absolute Gasteiger partial charge is 0.507 e. The number of unbranched alkanes of at least 4 members (excludes halogenated alkanes) is 4. The molecule has 0 aromatic heterocycles. The number of ether oxygens (including phenoxy) is 2. The lowest BCUT2D eigenvalue weighted by atomic mass is 9.96. The van der Waals surface area contributed by atoms with Crippen LogP contribution in [0.4, 0.5) is 0 Å². The van der Waals surface area contributed by atoms with Crippen LogP contribution >= 0.6 is 25.3 Å². The van der Waals surface area contributed by atoms with Gasteiger partial charge in [0.05, 0.1) is 5.56 Å². The van der Waals surface area contributed by atoms with E-state index in [4.69, 9.17) is 9.47 Å². The fraction of sp³-hybridized carbons (Fsp3) is 0.650. The number of hydrogen-bond acceptors (Lipinski definition) is 6. The average molecular weight is 401 g/mol. The van der Waals surface area contributed by atoms with Gasteiger partial charge in [0, 0.05) is 27.5 Å². The molecular weight excluding hydrogens is 368 g/mol. The third-order valence-corrected chi connectivity index (χ3v) is 5.35. The number of rotatable bonds is 12. The zero-order valence-electron chi connectivity index (χ0n) is 16.1. The van der Waals surface area contributed by atoms with Crippen molar-refractivity contribution in [3.8, 4) is 5.75 Å². The third kappa shape index (κ3) is 6.39. The minimum Gasteiger partial charge on any atom is -0.507 e. The Balaban J connectivity index is 3.24. The number of esters is 1. The smallest absolute Gasteiger partial charge is 0.342 e. The Kier molecular flexibility index (Phi) is 11.2. The van der Waals surface area contributed by atoms with Crippen molar-refractivity contribution in [2.45, 2.75) is 81.9 Å². The maximum Gasteiger partial charge on any atom is 0.342 e. The van der Waals surface area contributed by atoms with Crippen molar-refractivity contribution in [1.29, 1.82) is 0 Å². The van der Waals surface area contributed by atoms with Gasteiger partial charge in [-0.25, -0.2) is 4.79 Å². The van der Waals surface area contributed by atoms with E-state index in [-0.39, 0.29) is 12.5 Å². The van der Waals surface area contributed by atoms with Crippen molar-refractivity contribution >= 4 is 31.2 Å². The molecule has 0 aliphatic heterocycles. The number of phenolic OH excluding ortho intramolecular Hbond substituents is 1. The first-order valence-electron chi connectivity index (χ1n) is 9.52. The van der Waals surface area contributed by atoms with Gasteiger partial charge in [-0.05, 0) is 32.6 Å². The molecule has 0 heterocycles. The molecule has 0 unspecified atom stereocenters. The Labute approximate surface area is 168 Å². The molecule has 148 valence electrons. The molecule has 0 aliphatic rings. The van der Waals surface area contributed by atoms with E-state index in [0.29, 0.717) is 34.8 Å². The lowest BCUT2D eigenvalue weighted by molar-refractivity contribution is -0.0280. The number of aromatic hydroxyl groups is 1. The van der Waals surface area contributed by atoms with Crippen LogP contribution in [0.1, 0.15) is 80.8 Å². The quantitative estimate of drug-likeness (QED) is 0.185. The monoisotopic (exact) mass is 400 g/mol. The minimum absolute atomic E-state index is 0.104. The molecule has 0 atom stereocenters. The van der Waals surface area contributed by atoms with Crippen molar-refractivity contribution in [3.05, 3.63) is 16.7 Å². The van der Waals surface area contributed by atoms with E-state index in [0.717, 1.165) is 49.7 Å². The first-order valence-corrected chi connectivity index (χ1v) is 10.4. The lowest BCUT2D eigenvalue weighted by Gasteiger charge is -2.19. The first-order chi connectivity index (χ1) is 12.5. The highest BCUT2D eigenvalue weighted by Gasteiger charge is 2.25.